The Morgan fingerprint density at radius 1 is 1.65 bits per heavy atom. The van der Waals surface area contributed by atoms with E-state index >= 15 is 0 Å². The predicted octanol–water partition coefficient (Wildman–Crippen LogP) is -1.55. The van der Waals surface area contributed by atoms with Crippen LogP contribution in [0.1, 0.15) is 18.2 Å². The van der Waals surface area contributed by atoms with Gasteiger partial charge in [-0.2, -0.15) is 0 Å². The minimum atomic E-state index is -0.537. The minimum absolute atomic E-state index is 0.186. The molecular weight excluding hydrogens is 226 g/mol. The summed E-state index contributed by atoms with van der Waals surface area (Å²) in [6.45, 7) is 1.42. The zero-order valence-electron chi connectivity index (χ0n) is 9.42. The third-order valence-corrected chi connectivity index (χ3v) is 2.92. The molecule has 7 heteroatoms. The molecule has 3 atom stereocenters. The standard InChI is InChI=1S/C10H15N3O4/c1-5-3-13(10(16)12-9(5)15)8-2-6(11)7(4-14)17-8/h3,6-8,14H,2,4,11H2,1H3,(H,12,15,16)/t6-,7+,8?/m0/s1. The zero-order valence-corrected chi connectivity index (χ0v) is 9.42. The SMILES string of the molecule is Cc1cn(C2C[C@H](N)[C@@H](CO)O2)c(=O)[nH]c1=O. The summed E-state index contributed by atoms with van der Waals surface area (Å²) < 4.78 is 6.75. The maximum atomic E-state index is 11.6. The van der Waals surface area contributed by atoms with E-state index in [1.54, 1.807) is 6.92 Å². The largest absolute Gasteiger partial charge is 0.394 e. The van der Waals surface area contributed by atoms with E-state index in [-0.39, 0.29) is 12.6 Å². The number of H-pyrrole nitrogens is 1. The van der Waals surface area contributed by atoms with Gasteiger partial charge in [0, 0.05) is 24.2 Å². The van der Waals surface area contributed by atoms with E-state index in [2.05, 4.69) is 4.98 Å². The molecule has 1 aromatic rings. The molecule has 1 aromatic heterocycles. The summed E-state index contributed by atoms with van der Waals surface area (Å²) in [6.07, 6.45) is 0.860. The highest BCUT2D eigenvalue weighted by atomic mass is 16.5. The number of nitrogens with one attached hydrogen (secondary N) is 1. The second-order valence-corrected chi connectivity index (χ2v) is 4.19. The van der Waals surface area contributed by atoms with Crippen molar-refractivity contribution in [3.8, 4) is 0 Å². The zero-order chi connectivity index (χ0) is 12.6. The van der Waals surface area contributed by atoms with Crippen LogP contribution in [0.2, 0.25) is 0 Å². The van der Waals surface area contributed by atoms with E-state index in [1.165, 1.54) is 10.8 Å². The van der Waals surface area contributed by atoms with E-state index in [4.69, 9.17) is 15.6 Å². The molecule has 0 radical (unpaired) electrons. The molecule has 1 fully saturated rings. The quantitative estimate of drug-likeness (QED) is 0.580. The molecule has 0 spiro atoms. The normalized spacial score (nSPS) is 28.5. The van der Waals surface area contributed by atoms with Gasteiger partial charge in [-0.05, 0) is 6.92 Å². The molecule has 1 aliphatic heterocycles. The van der Waals surface area contributed by atoms with Crippen LogP contribution in [-0.2, 0) is 4.74 Å². The Morgan fingerprint density at radius 2 is 2.35 bits per heavy atom. The van der Waals surface area contributed by atoms with Crippen LogP contribution in [0.3, 0.4) is 0 Å². The van der Waals surface area contributed by atoms with Crippen molar-refractivity contribution in [2.75, 3.05) is 6.61 Å². The van der Waals surface area contributed by atoms with Crippen molar-refractivity contribution in [2.24, 2.45) is 5.73 Å². The summed E-state index contributed by atoms with van der Waals surface area (Å²) in [5.74, 6) is 0. The number of hydrogen-bond donors (Lipinski definition) is 3. The number of hydrogen-bond acceptors (Lipinski definition) is 5. The molecule has 1 saturated heterocycles. The number of nitrogens with zero attached hydrogens (tertiary/aromatic N) is 1. The molecule has 4 N–H and O–H groups in total. The Bertz CT molecular complexity index is 521. The van der Waals surface area contributed by atoms with Crippen LogP contribution >= 0.6 is 0 Å². The van der Waals surface area contributed by atoms with Crippen LogP contribution in [-0.4, -0.2) is 33.4 Å². The van der Waals surface area contributed by atoms with E-state index < -0.39 is 23.6 Å². The molecule has 7 nitrogen and oxygen atoms in total. The fourth-order valence-corrected chi connectivity index (χ4v) is 1.90. The van der Waals surface area contributed by atoms with Gasteiger partial charge in [0.1, 0.15) is 6.23 Å². The number of aryl methyl sites for hydroxylation is 1. The smallest absolute Gasteiger partial charge is 0.330 e. The molecule has 0 saturated carbocycles. The molecular formula is C10H15N3O4. The van der Waals surface area contributed by atoms with Crippen LogP contribution in [0.4, 0.5) is 0 Å². The van der Waals surface area contributed by atoms with Crippen molar-refractivity contribution in [3.63, 3.8) is 0 Å². The molecule has 2 rings (SSSR count). The van der Waals surface area contributed by atoms with Crippen LogP contribution in [0.15, 0.2) is 15.8 Å². The maximum absolute atomic E-state index is 11.6. The Hall–Kier alpha value is -1.44. The lowest BCUT2D eigenvalue weighted by atomic mass is 10.1. The Kier molecular flexibility index (Phi) is 3.14. The molecule has 1 aliphatic rings. The molecule has 17 heavy (non-hydrogen) atoms. The molecule has 0 bridgehead atoms. The number of aromatic amines is 1. The molecule has 2 heterocycles. The monoisotopic (exact) mass is 241 g/mol. The number of rotatable bonds is 2. The highest BCUT2D eigenvalue weighted by Crippen LogP contribution is 2.25. The number of aromatic nitrogens is 2. The molecule has 0 aromatic carbocycles. The van der Waals surface area contributed by atoms with E-state index in [9.17, 15) is 9.59 Å². The molecule has 94 valence electrons. The lowest BCUT2D eigenvalue weighted by molar-refractivity contribution is -0.0271. The first kappa shape index (κ1) is 12.0. The summed E-state index contributed by atoms with van der Waals surface area (Å²) >= 11 is 0. The summed E-state index contributed by atoms with van der Waals surface area (Å²) in [6, 6.07) is -0.316. The van der Waals surface area contributed by atoms with Crippen LogP contribution in [0.5, 0.6) is 0 Å². The van der Waals surface area contributed by atoms with Crippen molar-refractivity contribution in [2.45, 2.75) is 31.7 Å². The highest BCUT2D eigenvalue weighted by Gasteiger charge is 2.33. The average molecular weight is 241 g/mol. The van der Waals surface area contributed by atoms with Gasteiger partial charge in [-0.25, -0.2) is 4.79 Å². The fourth-order valence-electron chi connectivity index (χ4n) is 1.90. The van der Waals surface area contributed by atoms with Crippen LogP contribution in [0, 0.1) is 6.92 Å². The number of aliphatic hydroxyl groups excluding tert-OH is 1. The highest BCUT2D eigenvalue weighted by molar-refractivity contribution is 5.02. The third-order valence-electron chi connectivity index (χ3n) is 2.92. The van der Waals surface area contributed by atoms with Crippen LogP contribution in [0.25, 0.3) is 0 Å². The van der Waals surface area contributed by atoms with Gasteiger partial charge in [0.2, 0.25) is 0 Å². The number of nitrogens with two attached hydrogens (primary N) is 1. The number of ether oxygens (including phenoxy) is 1. The summed E-state index contributed by atoms with van der Waals surface area (Å²) in [4.78, 5) is 25.0. The van der Waals surface area contributed by atoms with Crippen molar-refractivity contribution < 1.29 is 9.84 Å². The van der Waals surface area contributed by atoms with Gasteiger partial charge < -0.3 is 15.6 Å². The fraction of sp³-hybridized carbons (Fsp3) is 0.600. The lowest BCUT2D eigenvalue weighted by Gasteiger charge is -2.14. The lowest BCUT2D eigenvalue weighted by Crippen LogP contribution is -2.33. The Morgan fingerprint density at radius 3 is 2.94 bits per heavy atom. The first-order valence-corrected chi connectivity index (χ1v) is 5.37. The minimum Gasteiger partial charge on any atom is -0.394 e. The van der Waals surface area contributed by atoms with Gasteiger partial charge in [-0.15, -0.1) is 0 Å². The Labute approximate surface area is 96.8 Å². The summed E-state index contributed by atoms with van der Waals surface area (Å²) in [7, 11) is 0. The van der Waals surface area contributed by atoms with E-state index in [0.717, 1.165) is 0 Å². The van der Waals surface area contributed by atoms with Crippen molar-refractivity contribution in [1.82, 2.24) is 9.55 Å². The molecule has 0 aliphatic carbocycles. The first-order valence-electron chi connectivity index (χ1n) is 5.37. The van der Waals surface area contributed by atoms with Crippen molar-refractivity contribution in [1.29, 1.82) is 0 Å². The van der Waals surface area contributed by atoms with Gasteiger partial charge in [0.15, 0.2) is 0 Å². The average Bonchev–Trinajstić information content (AvgIpc) is 2.65. The van der Waals surface area contributed by atoms with Gasteiger partial charge in [-0.3, -0.25) is 14.3 Å². The second-order valence-electron chi connectivity index (χ2n) is 4.19. The first-order chi connectivity index (χ1) is 8.02. The topological polar surface area (TPSA) is 110 Å². The summed E-state index contributed by atoms with van der Waals surface area (Å²) in [5.41, 5.74) is 5.25. The molecule has 1 unspecified atom stereocenters. The number of aliphatic hydroxyl groups is 1. The van der Waals surface area contributed by atoms with Crippen LogP contribution < -0.4 is 17.0 Å². The van der Waals surface area contributed by atoms with Gasteiger partial charge in [0.25, 0.3) is 5.56 Å². The van der Waals surface area contributed by atoms with Gasteiger partial charge >= 0.3 is 5.69 Å². The predicted molar refractivity (Wildman–Crippen MR) is 59.6 cm³/mol. The van der Waals surface area contributed by atoms with Crippen molar-refractivity contribution in [3.05, 3.63) is 32.6 Å². The van der Waals surface area contributed by atoms with Crippen molar-refractivity contribution >= 4 is 0 Å². The summed E-state index contributed by atoms with van der Waals surface area (Å²) in [5, 5.41) is 9.02. The van der Waals surface area contributed by atoms with Gasteiger partial charge in [-0.1, -0.05) is 0 Å². The second kappa shape index (κ2) is 4.44. The molecule has 0 amide bonds. The maximum Gasteiger partial charge on any atom is 0.330 e. The van der Waals surface area contributed by atoms with E-state index in [0.29, 0.717) is 12.0 Å². The Balaban J connectivity index is 2.34. The van der Waals surface area contributed by atoms with Gasteiger partial charge in [0.05, 0.1) is 12.7 Å². The van der Waals surface area contributed by atoms with E-state index in [1.807, 2.05) is 0 Å². The third kappa shape index (κ3) is 2.17.